The maximum Gasteiger partial charge on any atom is 0.187 e. The van der Waals surface area contributed by atoms with Crippen molar-refractivity contribution in [1.29, 1.82) is 5.26 Å². The monoisotopic (exact) mass is 1030 g/mol. The Balaban J connectivity index is 0.972. The number of benzene rings is 11. The van der Waals surface area contributed by atoms with Crippen molar-refractivity contribution >= 4 is 71.5 Å². The standard InChI is InChI=1S/C76H62N4/c1-73-40-10-12-42-75(73,3)79(57-32-24-49(48-77)25-33-57)69-38-28-54(46-67(69)73)52-26-36-63-65(44-52)71(61-22-14-18-50-16-6-8-20-59(50)61)64-37-27-53(45-66(64)72(63)62-23-15-19-51-17-7-9-21-60(51)62)55-29-39-70-68(47-55)74(2)41-11-13-43-76(74,4)80(70)58-34-30-56(78-5)31-35-58/h6-9,14-39,44-47H,10-13,40-43H2,1-4H3. The van der Waals surface area contributed by atoms with E-state index in [4.69, 9.17) is 6.57 Å². The molecule has 386 valence electrons. The van der Waals surface area contributed by atoms with E-state index in [1.54, 1.807) is 0 Å². The van der Waals surface area contributed by atoms with Gasteiger partial charge in [-0.1, -0.05) is 173 Å². The molecule has 0 spiro atoms. The Kier molecular flexibility index (Phi) is 10.7. The zero-order chi connectivity index (χ0) is 54.1. The van der Waals surface area contributed by atoms with E-state index >= 15 is 0 Å². The number of hydrogen-bond donors (Lipinski definition) is 0. The molecule has 0 bridgehead atoms. The lowest BCUT2D eigenvalue weighted by Crippen LogP contribution is -2.54. The van der Waals surface area contributed by atoms with Crippen molar-refractivity contribution < 1.29 is 0 Å². The molecule has 2 fully saturated rings. The van der Waals surface area contributed by atoms with Gasteiger partial charge in [-0.2, -0.15) is 5.26 Å². The molecule has 11 aromatic carbocycles. The van der Waals surface area contributed by atoms with Gasteiger partial charge in [-0.3, -0.25) is 0 Å². The highest BCUT2D eigenvalue weighted by atomic mass is 15.3. The third-order valence-electron chi connectivity index (χ3n) is 20.6. The van der Waals surface area contributed by atoms with Crippen molar-refractivity contribution in [2.75, 3.05) is 9.80 Å². The second kappa shape index (κ2) is 17.8. The third kappa shape index (κ3) is 6.78. The van der Waals surface area contributed by atoms with Gasteiger partial charge >= 0.3 is 0 Å². The lowest BCUT2D eigenvalue weighted by atomic mass is 9.61. The number of nitriles is 1. The number of rotatable bonds is 6. The molecule has 2 aliphatic heterocycles. The lowest BCUT2D eigenvalue weighted by Gasteiger charge is -2.50. The van der Waals surface area contributed by atoms with Crippen LogP contribution in [-0.2, 0) is 10.8 Å². The summed E-state index contributed by atoms with van der Waals surface area (Å²) in [7, 11) is 0. The minimum Gasteiger partial charge on any atom is -0.335 e. The summed E-state index contributed by atoms with van der Waals surface area (Å²) in [4.78, 5) is 8.94. The largest absolute Gasteiger partial charge is 0.335 e. The lowest BCUT2D eigenvalue weighted by molar-refractivity contribution is 0.195. The van der Waals surface area contributed by atoms with Gasteiger partial charge in [0.15, 0.2) is 5.69 Å². The molecule has 0 saturated heterocycles. The van der Waals surface area contributed by atoms with E-state index in [1.807, 2.05) is 24.3 Å². The number of hydrogen-bond acceptors (Lipinski definition) is 3. The van der Waals surface area contributed by atoms with Crippen molar-refractivity contribution in [3.05, 3.63) is 234 Å². The fraction of sp³-hybridized carbons (Fsp3) is 0.211. The van der Waals surface area contributed by atoms with Gasteiger partial charge in [0.2, 0.25) is 0 Å². The average Bonchev–Trinajstić information content (AvgIpc) is 3.89. The first-order chi connectivity index (χ1) is 39.0. The molecular formula is C76H62N4. The second-order valence-corrected chi connectivity index (χ2v) is 24.4. The molecule has 2 saturated carbocycles. The van der Waals surface area contributed by atoms with Crippen molar-refractivity contribution in [2.24, 2.45) is 0 Å². The summed E-state index contributed by atoms with van der Waals surface area (Å²) in [6.07, 6.45) is 9.28. The zero-order valence-corrected chi connectivity index (χ0v) is 46.1. The highest BCUT2D eigenvalue weighted by molar-refractivity contribution is 6.26. The van der Waals surface area contributed by atoms with Gasteiger partial charge in [-0.25, -0.2) is 4.85 Å². The fourth-order valence-electron chi connectivity index (χ4n) is 16.1. The summed E-state index contributed by atoms with van der Waals surface area (Å²) < 4.78 is 0. The highest BCUT2D eigenvalue weighted by Crippen LogP contribution is 2.63. The second-order valence-electron chi connectivity index (χ2n) is 24.4. The normalized spacial score (nSPS) is 22.0. The molecule has 4 nitrogen and oxygen atoms in total. The van der Waals surface area contributed by atoms with E-state index in [0.717, 1.165) is 37.1 Å². The van der Waals surface area contributed by atoms with E-state index in [0.29, 0.717) is 11.3 Å². The molecule has 0 N–H and O–H groups in total. The van der Waals surface area contributed by atoms with Crippen LogP contribution >= 0.6 is 0 Å². The molecule has 80 heavy (non-hydrogen) atoms. The first-order valence-electron chi connectivity index (χ1n) is 28.9. The molecule has 0 radical (unpaired) electrons. The summed E-state index contributed by atoms with van der Waals surface area (Å²) in [5.74, 6) is 0. The summed E-state index contributed by atoms with van der Waals surface area (Å²) in [6.45, 7) is 17.7. The molecule has 2 heterocycles. The van der Waals surface area contributed by atoms with Crippen LogP contribution in [0.2, 0.25) is 0 Å². The molecule has 4 heteroatoms. The first kappa shape index (κ1) is 48.2. The van der Waals surface area contributed by atoms with E-state index in [1.165, 1.54) is 136 Å². The molecule has 11 aromatic rings. The van der Waals surface area contributed by atoms with Crippen LogP contribution in [0.5, 0.6) is 0 Å². The minimum atomic E-state index is -0.113. The average molecular weight is 1030 g/mol. The molecule has 0 amide bonds. The van der Waals surface area contributed by atoms with Crippen molar-refractivity contribution in [2.45, 2.75) is 101 Å². The van der Waals surface area contributed by atoms with Gasteiger partial charge in [-0.15, -0.1) is 0 Å². The Labute approximate surface area is 470 Å². The van der Waals surface area contributed by atoms with E-state index < -0.39 is 0 Å². The summed E-state index contributed by atoms with van der Waals surface area (Å²) in [5.41, 5.74) is 18.5. The minimum absolute atomic E-state index is 0.0630. The molecule has 4 atom stereocenters. The highest BCUT2D eigenvalue weighted by Gasteiger charge is 2.59. The summed E-state index contributed by atoms with van der Waals surface area (Å²) in [5, 5.41) is 19.6. The predicted octanol–water partition coefficient (Wildman–Crippen LogP) is 20.9. The molecular weight excluding hydrogens is 969 g/mol. The Morgan fingerprint density at radius 2 is 0.825 bits per heavy atom. The molecule has 15 rings (SSSR count). The van der Waals surface area contributed by atoms with Crippen LogP contribution < -0.4 is 9.80 Å². The van der Waals surface area contributed by atoms with Gasteiger partial charge in [0, 0.05) is 33.6 Å². The fourth-order valence-corrected chi connectivity index (χ4v) is 16.1. The predicted molar refractivity (Wildman–Crippen MR) is 335 cm³/mol. The van der Waals surface area contributed by atoms with Crippen LogP contribution in [0.15, 0.2) is 206 Å². The number of fused-ring (bicyclic) bond motifs is 10. The van der Waals surface area contributed by atoms with Gasteiger partial charge < -0.3 is 9.80 Å². The van der Waals surface area contributed by atoms with E-state index in [-0.39, 0.29) is 21.9 Å². The smallest absolute Gasteiger partial charge is 0.187 e. The Hall–Kier alpha value is -8.96. The van der Waals surface area contributed by atoms with Crippen LogP contribution in [0, 0.1) is 17.9 Å². The van der Waals surface area contributed by atoms with Crippen LogP contribution in [0.4, 0.5) is 28.4 Å². The van der Waals surface area contributed by atoms with E-state index in [9.17, 15) is 5.26 Å². The molecule has 0 aromatic heterocycles. The number of nitrogens with zero attached hydrogens (tertiary/aromatic N) is 4. The SMILES string of the molecule is [C-]#[N+]c1ccc(N2c3ccc(-c4ccc5c(-c6cccc7ccccc67)c6cc(-c7ccc8c(c7)C7(C)CCCCC7(C)N8c7ccc(C#N)cc7)ccc6c(-c6cccc7ccccc67)c5c4)cc3C3(C)CCCCC23C)cc1. The van der Waals surface area contributed by atoms with Crippen LogP contribution in [0.25, 0.3) is 92.4 Å². The first-order valence-corrected chi connectivity index (χ1v) is 28.9. The maximum atomic E-state index is 9.73. The Morgan fingerprint density at radius 3 is 1.29 bits per heavy atom. The van der Waals surface area contributed by atoms with Gasteiger partial charge in [0.25, 0.3) is 0 Å². The Bertz CT molecular complexity index is 4180. The van der Waals surface area contributed by atoms with Crippen LogP contribution in [0.3, 0.4) is 0 Å². The van der Waals surface area contributed by atoms with Crippen LogP contribution in [0.1, 0.15) is 95.8 Å². The maximum absolute atomic E-state index is 9.73. The molecule has 4 unspecified atom stereocenters. The van der Waals surface area contributed by atoms with Crippen molar-refractivity contribution in [1.82, 2.24) is 0 Å². The molecule has 4 aliphatic rings. The third-order valence-corrected chi connectivity index (χ3v) is 20.6. The van der Waals surface area contributed by atoms with Crippen LogP contribution in [-0.4, -0.2) is 11.1 Å². The van der Waals surface area contributed by atoms with Gasteiger partial charge in [-0.05, 0) is 211 Å². The summed E-state index contributed by atoms with van der Waals surface area (Å²) in [6, 6.07) is 79.5. The molecule has 2 aliphatic carbocycles. The van der Waals surface area contributed by atoms with Crippen molar-refractivity contribution in [3.63, 3.8) is 0 Å². The quantitative estimate of drug-likeness (QED) is 0.123. The van der Waals surface area contributed by atoms with Gasteiger partial charge in [0.05, 0.1) is 29.3 Å². The topological polar surface area (TPSA) is 34.6 Å². The van der Waals surface area contributed by atoms with E-state index in [2.05, 4.69) is 230 Å². The summed E-state index contributed by atoms with van der Waals surface area (Å²) >= 11 is 0. The zero-order valence-electron chi connectivity index (χ0n) is 46.1. The van der Waals surface area contributed by atoms with Gasteiger partial charge in [0.1, 0.15) is 0 Å². The Morgan fingerprint density at radius 1 is 0.412 bits per heavy atom. The van der Waals surface area contributed by atoms with Crippen molar-refractivity contribution in [3.8, 4) is 50.6 Å². The number of anilines is 4.